The molecule has 0 spiro atoms. The fourth-order valence-corrected chi connectivity index (χ4v) is 2.76. The second-order valence-electron chi connectivity index (χ2n) is 5.07. The van der Waals surface area contributed by atoms with E-state index in [0.29, 0.717) is 32.6 Å². The Bertz CT molecular complexity index is 856. The number of oxazole rings is 1. The van der Waals surface area contributed by atoms with Gasteiger partial charge in [0, 0.05) is 12.5 Å². The van der Waals surface area contributed by atoms with Crippen LogP contribution in [-0.4, -0.2) is 10.1 Å². The van der Waals surface area contributed by atoms with Crippen molar-refractivity contribution in [3.05, 3.63) is 63.5 Å². The highest BCUT2D eigenvalue weighted by Crippen LogP contribution is 2.35. The number of fused-ring (bicyclic) bond motifs is 1. The minimum absolute atomic E-state index is 0.349. The molecule has 0 fully saturated rings. The Morgan fingerprint density at radius 1 is 1.13 bits per heavy atom. The van der Waals surface area contributed by atoms with Crippen LogP contribution in [0.4, 0.5) is 13.2 Å². The number of benzene rings is 2. The van der Waals surface area contributed by atoms with Crippen molar-refractivity contribution in [1.29, 1.82) is 0 Å². The molecule has 1 heterocycles. The highest BCUT2D eigenvalue weighted by atomic mass is 79.9. The molecule has 7 heteroatoms. The molecule has 0 aliphatic rings. The molecule has 1 unspecified atom stereocenters. The summed E-state index contributed by atoms with van der Waals surface area (Å²) in [7, 11) is 0. The number of alkyl halides is 3. The SMILES string of the molecule is Cc1nc2c(C(O)c3ccc(C(F)(F)F)cc3)ccc(Br)c2o1. The van der Waals surface area contributed by atoms with Gasteiger partial charge >= 0.3 is 6.18 Å². The zero-order chi connectivity index (χ0) is 16.8. The van der Waals surface area contributed by atoms with Gasteiger partial charge in [-0.25, -0.2) is 4.98 Å². The molecule has 3 aromatic rings. The van der Waals surface area contributed by atoms with Crippen molar-refractivity contribution in [2.75, 3.05) is 0 Å². The predicted molar refractivity (Wildman–Crippen MR) is 82.0 cm³/mol. The van der Waals surface area contributed by atoms with Crippen molar-refractivity contribution in [3.63, 3.8) is 0 Å². The van der Waals surface area contributed by atoms with Gasteiger partial charge in [-0.2, -0.15) is 13.2 Å². The van der Waals surface area contributed by atoms with Crippen molar-refractivity contribution in [3.8, 4) is 0 Å². The summed E-state index contributed by atoms with van der Waals surface area (Å²) < 4.78 is 44.0. The summed E-state index contributed by atoms with van der Waals surface area (Å²) in [6.07, 6.45) is -5.50. The lowest BCUT2D eigenvalue weighted by Gasteiger charge is -2.13. The van der Waals surface area contributed by atoms with Crippen LogP contribution in [0.3, 0.4) is 0 Å². The minimum atomic E-state index is -4.41. The van der Waals surface area contributed by atoms with Crippen molar-refractivity contribution >= 4 is 27.0 Å². The third kappa shape index (κ3) is 2.98. The average Bonchev–Trinajstić information content (AvgIpc) is 2.89. The van der Waals surface area contributed by atoms with Crippen LogP contribution >= 0.6 is 15.9 Å². The molecule has 1 aromatic heterocycles. The summed E-state index contributed by atoms with van der Waals surface area (Å²) in [6, 6.07) is 7.78. The van der Waals surface area contributed by atoms with Crippen LogP contribution in [-0.2, 0) is 6.18 Å². The van der Waals surface area contributed by atoms with Crippen LogP contribution in [0.1, 0.15) is 28.7 Å². The standard InChI is InChI=1S/C16H11BrF3NO2/c1-8-21-13-11(6-7-12(17)15(13)23-8)14(22)9-2-4-10(5-3-9)16(18,19)20/h2-7,14,22H,1H3. The highest BCUT2D eigenvalue weighted by molar-refractivity contribution is 9.10. The van der Waals surface area contributed by atoms with Crippen molar-refractivity contribution < 1.29 is 22.7 Å². The van der Waals surface area contributed by atoms with Gasteiger partial charge in [0.05, 0.1) is 10.0 Å². The van der Waals surface area contributed by atoms with E-state index >= 15 is 0 Å². The van der Waals surface area contributed by atoms with E-state index < -0.39 is 17.8 Å². The van der Waals surface area contributed by atoms with E-state index in [1.807, 2.05) is 0 Å². The van der Waals surface area contributed by atoms with Gasteiger partial charge in [-0.1, -0.05) is 18.2 Å². The minimum Gasteiger partial charge on any atom is -0.440 e. The molecule has 0 saturated heterocycles. The van der Waals surface area contributed by atoms with E-state index in [1.165, 1.54) is 12.1 Å². The van der Waals surface area contributed by atoms with E-state index in [4.69, 9.17) is 4.42 Å². The monoisotopic (exact) mass is 385 g/mol. The van der Waals surface area contributed by atoms with E-state index in [-0.39, 0.29) is 0 Å². The maximum Gasteiger partial charge on any atom is 0.416 e. The molecule has 0 aliphatic carbocycles. The molecule has 23 heavy (non-hydrogen) atoms. The van der Waals surface area contributed by atoms with Crippen LogP contribution in [0, 0.1) is 6.92 Å². The zero-order valence-electron chi connectivity index (χ0n) is 11.9. The number of hydrogen-bond donors (Lipinski definition) is 1. The highest BCUT2D eigenvalue weighted by Gasteiger charge is 2.30. The zero-order valence-corrected chi connectivity index (χ0v) is 13.4. The number of aryl methyl sites for hydroxylation is 1. The maximum absolute atomic E-state index is 12.6. The summed E-state index contributed by atoms with van der Waals surface area (Å²) in [4.78, 5) is 4.24. The van der Waals surface area contributed by atoms with Gasteiger partial charge in [-0.15, -0.1) is 0 Å². The van der Waals surface area contributed by atoms with E-state index in [1.54, 1.807) is 19.1 Å². The van der Waals surface area contributed by atoms with Crippen LogP contribution in [0.5, 0.6) is 0 Å². The van der Waals surface area contributed by atoms with Gasteiger partial charge in [-0.05, 0) is 39.7 Å². The lowest BCUT2D eigenvalue weighted by Crippen LogP contribution is -2.06. The first-order valence-corrected chi connectivity index (χ1v) is 7.47. The fourth-order valence-electron chi connectivity index (χ4n) is 2.36. The Labute approximate surface area is 137 Å². The Balaban J connectivity index is 2.04. The largest absolute Gasteiger partial charge is 0.440 e. The van der Waals surface area contributed by atoms with Crippen LogP contribution in [0.25, 0.3) is 11.1 Å². The number of hydrogen-bond acceptors (Lipinski definition) is 3. The number of aromatic nitrogens is 1. The number of aliphatic hydroxyl groups excluding tert-OH is 1. The summed E-state index contributed by atoms with van der Waals surface area (Å²) in [5, 5.41) is 10.5. The van der Waals surface area contributed by atoms with E-state index in [0.717, 1.165) is 12.1 Å². The molecule has 120 valence electrons. The lowest BCUT2D eigenvalue weighted by atomic mass is 9.99. The summed E-state index contributed by atoms with van der Waals surface area (Å²) in [5.74, 6) is 0.438. The number of halogens is 4. The van der Waals surface area contributed by atoms with E-state index in [2.05, 4.69) is 20.9 Å². The number of rotatable bonds is 2. The maximum atomic E-state index is 12.6. The third-order valence-corrected chi connectivity index (χ3v) is 4.11. The van der Waals surface area contributed by atoms with Crippen molar-refractivity contribution in [1.82, 2.24) is 4.98 Å². The molecule has 1 atom stereocenters. The molecule has 2 aromatic carbocycles. The molecule has 1 N–H and O–H groups in total. The molecule has 0 amide bonds. The molecule has 0 bridgehead atoms. The fraction of sp³-hybridized carbons (Fsp3) is 0.188. The molecule has 0 saturated carbocycles. The van der Waals surface area contributed by atoms with E-state index in [9.17, 15) is 18.3 Å². The van der Waals surface area contributed by atoms with Gasteiger partial charge in [-0.3, -0.25) is 0 Å². The summed E-state index contributed by atoms with van der Waals surface area (Å²) in [5.41, 5.74) is 1.03. The second kappa shape index (κ2) is 5.65. The molecule has 0 aliphatic heterocycles. The Kier molecular flexibility index (Phi) is 3.93. The van der Waals surface area contributed by atoms with Gasteiger partial charge in [0.1, 0.15) is 11.6 Å². The first-order chi connectivity index (χ1) is 10.8. The average molecular weight is 386 g/mol. The number of aliphatic hydroxyl groups is 1. The third-order valence-electron chi connectivity index (χ3n) is 3.48. The van der Waals surface area contributed by atoms with Crippen molar-refractivity contribution in [2.45, 2.75) is 19.2 Å². The summed E-state index contributed by atoms with van der Waals surface area (Å²) >= 11 is 3.34. The number of nitrogens with zero attached hydrogens (tertiary/aromatic N) is 1. The first-order valence-electron chi connectivity index (χ1n) is 6.68. The lowest BCUT2D eigenvalue weighted by molar-refractivity contribution is -0.137. The quantitative estimate of drug-likeness (QED) is 0.675. The smallest absolute Gasteiger partial charge is 0.416 e. The topological polar surface area (TPSA) is 46.3 Å². The Hall–Kier alpha value is -1.86. The Morgan fingerprint density at radius 2 is 1.78 bits per heavy atom. The first kappa shape index (κ1) is 16.0. The Morgan fingerprint density at radius 3 is 2.39 bits per heavy atom. The van der Waals surface area contributed by atoms with Gasteiger partial charge in [0.2, 0.25) is 0 Å². The van der Waals surface area contributed by atoms with Crippen molar-refractivity contribution in [2.24, 2.45) is 0 Å². The van der Waals surface area contributed by atoms with Crippen LogP contribution < -0.4 is 0 Å². The molecule has 0 radical (unpaired) electrons. The predicted octanol–water partition coefficient (Wildman–Crippen LogP) is 5.00. The van der Waals surface area contributed by atoms with Gasteiger partial charge < -0.3 is 9.52 Å². The van der Waals surface area contributed by atoms with Gasteiger partial charge in [0.15, 0.2) is 11.5 Å². The van der Waals surface area contributed by atoms with Gasteiger partial charge in [0.25, 0.3) is 0 Å². The van der Waals surface area contributed by atoms with Crippen LogP contribution in [0.2, 0.25) is 0 Å². The molecule has 3 rings (SSSR count). The molecular formula is C16H11BrF3NO2. The normalized spacial score (nSPS) is 13.5. The molecular weight excluding hydrogens is 375 g/mol. The molecule has 3 nitrogen and oxygen atoms in total. The summed E-state index contributed by atoms with van der Waals surface area (Å²) in [6.45, 7) is 1.68. The second-order valence-corrected chi connectivity index (χ2v) is 5.92. The van der Waals surface area contributed by atoms with Crippen LogP contribution in [0.15, 0.2) is 45.3 Å².